The van der Waals surface area contributed by atoms with Crippen molar-refractivity contribution in [2.75, 3.05) is 38.1 Å². The number of rotatable bonds is 5. The van der Waals surface area contributed by atoms with Crippen LogP contribution in [0.3, 0.4) is 0 Å². The highest BCUT2D eigenvalue weighted by atomic mass is 15.3. The minimum absolute atomic E-state index is 0.402. The molecule has 1 aliphatic rings. The first-order valence-corrected chi connectivity index (χ1v) is 7.92. The maximum Gasteiger partial charge on any atom is 0.0415 e. The first-order chi connectivity index (χ1) is 9.67. The third-order valence-corrected chi connectivity index (χ3v) is 4.71. The van der Waals surface area contributed by atoms with Gasteiger partial charge in [-0.2, -0.15) is 0 Å². The van der Waals surface area contributed by atoms with Crippen LogP contribution in [0.4, 0.5) is 5.69 Å². The Morgan fingerprint density at radius 3 is 2.35 bits per heavy atom. The van der Waals surface area contributed by atoms with E-state index in [1.165, 1.54) is 30.8 Å². The van der Waals surface area contributed by atoms with Crippen LogP contribution in [0.5, 0.6) is 0 Å². The van der Waals surface area contributed by atoms with Crippen LogP contribution in [0.15, 0.2) is 24.3 Å². The number of benzene rings is 1. The largest absolute Gasteiger partial charge is 0.369 e. The smallest absolute Gasteiger partial charge is 0.0415 e. The lowest BCUT2D eigenvalue weighted by atomic mass is 10.0. The molecule has 1 aliphatic heterocycles. The van der Waals surface area contributed by atoms with E-state index in [-0.39, 0.29) is 0 Å². The van der Waals surface area contributed by atoms with Crippen LogP contribution in [-0.2, 0) is 0 Å². The second-order valence-corrected chi connectivity index (χ2v) is 5.85. The summed E-state index contributed by atoms with van der Waals surface area (Å²) in [5.74, 6) is 0. The minimum Gasteiger partial charge on any atom is -0.369 e. The van der Waals surface area contributed by atoms with Gasteiger partial charge in [-0.05, 0) is 38.9 Å². The van der Waals surface area contributed by atoms with Gasteiger partial charge in [0.15, 0.2) is 0 Å². The third-order valence-electron chi connectivity index (χ3n) is 4.71. The summed E-state index contributed by atoms with van der Waals surface area (Å²) in [5, 5.41) is 3.36. The number of para-hydroxylation sites is 1. The number of hydrogen-bond donors (Lipinski definition) is 1. The summed E-state index contributed by atoms with van der Waals surface area (Å²) in [6.45, 7) is 11.5. The Bertz CT molecular complexity index is 410. The molecule has 3 heteroatoms. The highest BCUT2D eigenvalue weighted by Gasteiger charge is 2.22. The summed E-state index contributed by atoms with van der Waals surface area (Å²) in [7, 11) is 2.03. The molecule has 0 radical (unpaired) electrons. The van der Waals surface area contributed by atoms with E-state index < -0.39 is 0 Å². The van der Waals surface area contributed by atoms with Gasteiger partial charge >= 0.3 is 0 Å². The predicted octanol–water partition coefficient (Wildman–Crippen LogP) is 2.89. The van der Waals surface area contributed by atoms with E-state index in [0.717, 1.165) is 13.1 Å². The molecule has 2 rings (SSSR count). The number of hydrogen-bond acceptors (Lipinski definition) is 3. The normalized spacial score (nSPS) is 19.9. The molecule has 0 amide bonds. The Morgan fingerprint density at radius 1 is 1.10 bits per heavy atom. The van der Waals surface area contributed by atoms with Gasteiger partial charge in [0, 0.05) is 44.0 Å². The molecule has 1 fully saturated rings. The van der Waals surface area contributed by atoms with Gasteiger partial charge in [0.25, 0.3) is 0 Å². The van der Waals surface area contributed by atoms with Crippen LogP contribution in [0.2, 0.25) is 0 Å². The molecule has 0 aromatic heterocycles. The maximum atomic E-state index is 3.36. The van der Waals surface area contributed by atoms with E-state index >= 15 is 0 Å². The standard InChI is InChI=1S/C17H29N3/c1-5-14(2)19-10-12-20(13-11-19)17-9-7-6-8-16(17)15(3)18-4/h6-9,14-15,18H,5,10-13H2,1-4H3. The first kappa shape index (κ1) is 15.3. The molecule has 1 N–H and O–H groups in total. The summed E-state index contributed by atoms with van der Waals surface area (Å²) in [6.07, 6.45) is 1.24. The van der Waals surface area contributed by atoms with Crippen LogP contribution in [0.25, 0.3) is 0 Å². The number of piperazine rings is 1. The zero-order valence-electron chi connectivity index (χ0n) is 13.4. The average Bonchev–Trinajstić information content (AvgIpc) is 2.53. The van der Waals surface area contributed by atoms with Crippen molar-refractivity contribution in [2.24, 2.45) is 0 Å². The van der Waals surface area contributed by atoms with Crippen molar-refractivity contribution in [2.45, 2.75) is 39.3 Å². The van der Waals surface area contributed by atoms with Crippen molar-refractivity contribution in [3.05, 3.63) is 29.8 Å². The van der Waals surface area contributed by atoms with Crippen molar-refractivity contribution >= 4 is 5.69 Å². The zero-order valence-corrected chi connectivity index (χ0v) is 13.4. The maximum absolute atomic E-state index is 3.36. The highest BCUT2D eigenvalue weighted by molar-refractivity contribution is 5.55. The predicted molar refractivity (Wildman–Crippen MR) is 87.5 cm³/mol. The molecule has 0 bridgehead atoms. The minimum atomic E-state index is 0.402. The Balaban J connectivity index is 2.07. The van der Waals surface area contributed by atoms with Crippen LogP contribution < -0.4 is 10.2 Å². The van der Waals surface area contributed by atoms with E-state index in [1.54, 1.807) is 0 Å². The van der Waals surface area contributed by atoms with E-state index in [0.29, 0.717) is 12.1 Å². The molecule has 112 valence electrons. The molecule has 1 aromatic carbocycles. The fourth-order valence-electron chi connectivity index (χ4n) is 2.96. The second-order valence-electron chi connectivity index (χ2n) is 5.85. The lowest BCUT2D eigenvalue weighted by molar-refractivity contribution is 0.192. The van der Waals surface area contributed by atoms with Crippen molar-refractivity contribution in [3.63, 3.8) is 0 Å². The van der Waals surface area contributed by atoms with Crippen LogP contribution >= 0.6 is 0 Å². The summed E-state index contributed by atoms with van der Waals surface area (Å²) in [6, 6.07) is 9.92. The summed E-state index contributed by atoms with van der Waals surface area (Å²) in [5.41, 5.74) is 2.81. The van der Waals surface area contributed by atoms with Gasteiger partial charge in [0.05, 0.1) is 0 Å². The van der Waals surface area contributed by atoms with Crippen LogP contribution in [0.1, 0.15) is 38.8 Å². The number of nitrogens with zero attached hydrogens (tertiary/aromatic N) is 2. The average molecular weight is 275 g/mol. The molecule has 2 atom stereocenters. The molecular weight excluding hydrogens is 246 g/mol. The number of anilines is 1. The van der Waals surface area contributed by atoms with Crippen molar-refractivity contribution in [3.8, 4) is 0 Å². The molecule has 2 unspecified atom stereocenters. The zero-order chi connectivity index (χ0) is 14.5. The van der Waals surface area contributed by atoms with Gasteiger partial charge in [-0.3, -0.25) is 4.90 Å². The van der Waals surface area contributed by atoms with E-state index in [4.69, 9.17) is 0 Å². The lowest BCUT2D eigenvalue weighted by Crippen LogP contribution is -2.49. The summed E-state index contributed by atoms with van der Waals surface area (Å²) >= 11 is 0. The van der Waals surface area contributed by atoms with Crippen molar-refractivity contribution in [1.82, 2.24) is 10.2 Å². The molecule has 1 aromatic rings. The topological polar surface area (TPSA) is 18.5 Å². The van der Waals surface area contributed by atoms with Crippen molar-refractivity contribution < 1.29 is 0 Å². The molecule has 3 nitrogen and oxygen atoms in total. The molecule has 0 aliphatic carbocycles. The molecule has 20 heavy (non-hydrogen) atoms. The Labute approximate surface area is 124 Å². The summed E-state index contributed by atoms with van der Waals surface area (Å²) < 4.78 is 0. The first-order valence-electron chi connectivity index (χ1n) is 7.92. The van der Waals surface area contributed by atoms with E-state index in [2.05, 4.69) is 60.2 Å². The molecule has 1 saturated heterocycles. The van der Waals surface area contributed by atoms with Gasteiger partial charge in [-0.15, -0.1) is 0 Å². The molecular formula is C17H29N3. The fourth-order valence-corrected chi connectivity index (χ4v) is 2.96. The number of nitrogens with one attached hydrogen (secondary N) is 1. The molecule has 0 spiro atoms. The fraction of sp³-hybridized carbons (Fsp3) is 0.647. The quantitative estimate of drug-likeness (QED) is 0.891. The van der Waals surface area contributed by atoms with E-state index in [1.807, 2.05) is 7.05 Å². The second kappa shape index (κ2) is 7.09. The van der Waals surface area contributed by atoms with Gasteiger partial charge < -0.3 is 10.2 Å². The van der Waals surface area contributed by atoms with Gasteiger partial charge in [0.2, 0.25) is 0 Å². The van der Waals surface area contributed by atoms with Crippen molar-refractivity contribution in [1.29, 1.82) is 0 Å². The monoisotopic (exact) mass is 275 g/mol. The van der Waals surface area contributed by atoms with Gasteiger partial charge in [0.1, 0.15) is 0 Å². The Hall–Kier alpha value is -1.06. The van der Waals surface area contributed by atoms with Gasteiger partial charge in [-0.25, -0.2) is 0 Å². The van der Waals surface area contributed by atoms with Crippen LogP contribution in [0, 0.1) is 0 Å². The lowest BCUT2D eigenvalue weighted by Gasteiger charge is -2.40. The van der Waals surface area contributed by atoms with Gasteiger partial charge in [-0.1, -0.05) is 25.1 Å². The Kier molecular flexibility index (Phi) is 5.44. The SMILES string of the molecule is CCC(C)N1CCN(c2ccccc2C(C)NC)CC1. The highest BCUT2D eigenvalue weighted by Crippen LogP contribution is 2.27. The third kappa shape index (κ3) is 3.33. The Morgan fingerprint density at radius 2 is 1.75 bits per heavy atom. The van der Waals surface area contributed by atoms with E-state index in [9.17, 15) is 0 Å². The van der Waals surface area contributed by atoms with Crippen LogP contribution in [-0.4, -0.2) is 44.2 Å². The molecule has 0 saturated carbocycles. The molecule has 1 heterocycles. The summed E-state index contributed by atoms with van der Waals surface area (Å²) in [4.78, 5) is 5.16.